The van der Waals surface area contributed by atoms with Crippen LogP contribution in [-0.4, -0.2) is 22.2 Å². The van der Waals surface area contributed by atoms with Gasteiger partial charge >= 0.3 is 0 Å². The van der Waals surface area contributed by atoms with Crippen LogP contribution in [0.2, 0.25) is 0 Å². The van der Waals surface area contributed by atoms with Crippen molar-refractivity contribution in [2.24, 2.45) is 0 Å². The summed E-state index contributed by atoms with van der Waals surface area (Å²) >= 11 is 0. The molecule has 3 aromatic rings. The van der Waals surface area contributed by atoms with Gasteiger partial charge in [0.05, 0.1) is 11.4 Å². The van der Waals surface area contributed by atoms with Crippen LogP contribution in [-0.2, 0) is 0 Å². The molecule has 0 saturated heterocycles. The van der Waals surface area contributed by atoms with E-state index in [4.69, 9.17) is 5.10 Å². The van der Waals surface area contributed by atoms with Gasteiger partial charge in [-0.25, -0.2) is 4.68 Å². The summed E-state index contributed by atoms with van der Waals surface area (Å²) in [5, 5.41) is 7.78. The van der Waals surface area contributed by atoms with E-state index >= 15 is 0 Å². The molecule has 1 aliphatic rings. The number of hydrogen-bond donors (Lipinski definition) is 1. The highest BCUT2D eigenvalue weighted by Gasteiger charge is 2.29. The number of aromatic nitrogens is 2. The Labute approximate surface area is 153 Å². The first-order valence-electron chi connectivity index (χ1n) is 9.21. The molecule has 1 heterocycles. The number of hydrogen-bond acceptors (Lipinski definition) is 2. The lowest BCUT2D eigenvalue weighted by atomic mass is 10.0. The molecule has 4 nitrogen and oxygen atoms in total. The fraction of sp³-hybridized carbons (Fsp3) is 0.273. The summed E-state index contributed by atoms with van der Waals surface area (Å²) in [6.45, 7) is 2.72. The zero-order valence-electron chi connectivity index (χ0n) is 14.9. The van der Waals surface area contributed by atoms with Crippen molar-refractivity contribution in [2.75, 3.05) is 6.54 Å². The Hall–Kier alpha value is -2.88. The second-order valence-electron chi connectivity index (χ2n) is 7.00. The van der Waals surface area contributed by atoms with Gasteiger partial charge in [0.1, 0.15) is 5.69 Å². The minimum Gasteiger partial charge on any atom is -0.350 e. The van der Waals surface area contributed by atoms with E-state index < -0.39 is 0 Å². The lowest BCUT2D eigenvalue weighted by Crippen LogP contribution is -2.29. The Morgan fingerprint density at radius 3 is 2.42 bits per heavy atom. The van der Waals surface area contributed by atoms with Crippen molar-refractivity contribution in [1.29, 1.82) is 0 Å². The van der Waals surface area contributed by atoms with Crippen molar-refractivity contribution in [3.05, 3.63) is 83.7 Å². The number of carbonyl (C=O) groups excluding carboxylic acids is 1. The molecule has 0 spiro atoms. The smallest absolute Gasteiger partial charge is 0.270 e. The Morgan fingerprint density at radius 2 is 1.77 bits per heavy atom. The molecule has 1 fully saturated rings. The van der Waals surface area contributed by atoms with Gasteiger partial charge in [0.2, 0.25) is 0 Å². The molecule has 1 saturated carbocycles. The van der Waals surface area contributed by atoms with Crippen LogP contribution in [0.4, 0.5) is 0 Å². The molecule has 0 bridgehead atoms. The van der Waals surface area contributed by atoms with E-state index in [1.165, 1.54) is 5.56 Å². The van der Waals surface area contributed by atoms with Gasteiger partial charge in [-0.15, -0.1) is 0 Å². The SMILES string of the molecule is C[C@H](CNC(=O)c1cc(C2CC2)nn1-c1ccccc1)c1ccccc1. The lowest BCUT2D eigenvalue weighted by molar-refractivity contribution is 0.0944. The van der Waals surface area contributed by atoms with Crippen LogP contribution in [0, 0.1) is 0 Å². The third kappa shape index (κ3) is 3.54. The summed E-state index contributed by atoms with van der Waals surface area (Å²) in [5.41, 5.74) is 3.78. The van der Waals surface area contributed by atoms with Crippen LogP contribution in [0.15, 0.2) is 66.7 Å². The summed E-state index contributed by atoms with van der Waals surface area (Å²) < 4.78 is 1.77. The van der Waals surface area contributed by atoms with E-state index in [-0.39, 0.29) is 11.8 Å². The van der Waals surface area contributed by atoms with Crippen LogP contribution < -0.4 is 5.32 Å². The Balaban J connectivity index is 1.53. The van der Waals surface area contributed by atoms with Crippen LogP contribution in [0.25, 0.3) is 5.69 Å². The molecular formula is C22H23N3O. The molecule has 4 rings (SSSR count). The Bertz CT molecular complexity index is 882. The van der Waals surface area contributed by atoms with Crippen LogP contribution in [0.1, 0.15) is 53.3 Å². The lowest BCUT2D eigenvalue weighted by Gasteiger charge is -2.13. The first-order chi connectivity index (χ1) is 12.7. The van der Waals surface area contributed by atoms with Crippen molar-refractivity contribution < 1.29 is 4.79 Å². The quantitative estimate of drug-likeness (QED) is 0.725. The molecule has 2 aromatic carbocycles. The molecule has 4 heteroatoms. The van der Waals surface area contributed by atoms with Crippen molar-refractivity contribution >= 4 is 5.91 Å². The van der Waals surface area contributed by atoms with E-state index in [1.54, 1.807) is 4.68 Å². The maximum Gasteiger partial charge on any atom is 0.270 e. The minimum absolute atomic E-state index is 0.0731. The fourth-order valence-corrected chi connectivity index (χ4v) is 3.14. The molecule has 0 unspecified atom stereocenters. The maximum absolute atomic E-state index is 12.9. The van der Waals surface area contributed by atoms with Crippen molar-refractivity contribution in [3.8, 4) is 5.69 Å². The maximum atomic E-state index is 12.9. The normalized spacial score (nSPS) is 14.8. The number of amides is 1. The number of nitrogens with zero attached hydrogens (tertiary/aromatic N) is 2. The molecule has 0 radical (unpaired) electrons. The molecular weight excluding hydrogens is 322 g/mol. The van der Waals surface area contributed by atoms with E-state index in [2.05, 4.69) is 24.4 Å². The minimum atomic E-state index is -0.0731. The largest absolute Gasteiger partial charge is 0.350 e. The molecule has 1 amide bonds. The second-order valence-corrected chi connectivity index (χ2v) is 7.00. The van der Waals surface area contributed by atoms with Crippen molar-refractivity contribution in [1.82, 2.24) is 15.1 Å². The van der Waals surface area contributed by atoms with Gasteiger partial charge in [0, 0.05) is 12.5 Å². The molecule has 1 aromatic heterocycles. The standard InChI is InChI=1S/C22H23N3O/c1-16(17-8-4-2-5-9-17)15-23-22(26)21-14-20(18-12-13-18)24-25(21)19-10-6-3-7-11-19/h2-11,14,16,18H,12-13,15H2,1H3,(H,23,26)/t16-/m1/s1. The van der Waals surface area contributed by atoms with Crippen LogP contribution in [0.3, 0.4) is 0 Å². The highest BCUT2D eigenvalue weighted by Crippen LogP contribution is 2.39. The molecule has 1 aliphatic carbocycles. The zero-order valence-corrected chi connectivity index (χ0v) is 14.9. The van der Waals surface area contributed by atoms with Gasteiger partial charge in [-0.3, -0.25) is 4.79 Å². The third-order valence-electron chi connectivity index (χ3n) is 4.89. The number of nitrogens with one attached hydrogen (secondary N) is 1. The van der Waals surface area contributed by atoms with Gasteiger partial charge in [-0.2, -0.15) is 5.10 Å². The number of carbonyl (C=O) groups is 1. The van der Waals surface area contributed by atoms with Crippen LogP contribution in [0.5, 0.6) is 0 Å². The first kappa shape index (κ1) is 16.6. The van der Waals surface area contributed by atoms with Crippen molar-refractivity contribution in [2.45, 2.75) is 31.6 Å². The highest BCUT2D eigenvalue weighted by atomic mass is 16.2. The fourth-order valence-electron chi connectivity index (χ4n) is 3.14. The van der Waals surface area contributed by atoms with E-state index in [1.807, 2.05) is 54.6 Å². The molecule has 1 N–H and O–H groups in total. The van der Waals surface area contributed by atoms with Gasteiger partial charge < -0.3 is 5.32 Å². The molecule has 132 valence electrons. The average molecular weight is 345 g/mol. The number of benzene rings is 2. The number of para-hydroxylation sites is 1. The van der Waals surface area contributed by atoms with E-state index in [0.29, 0.717) is 18.2 Å². The summed E-state index contributed by atoms with van der Waals surface area (Å²) in [6, 6.07) is 22.1. The zero-order chi connectivity index (χ0) is 17.9. The monoisotopic (exact) mass is 345 g/mol. The topological polar surface area (TPSA) is 46.9 Å². The van der Waals surface area contributed by atoms with Gasteiger partial charge in [-0.1, -0.05) is 55.5 Å². The first-order valence-corrected chi connectivity index (χ1v) is 9.21. The summed E-state index contributed by atoms with van der Waals surface area (Å²) in [4.78, 5) is 12.9. The Morgan fingerprint density at radius 1 is 1.12 bits per heavy atom. The van der Waals surface area contributed by atoms with Gasteiger partial charge in [-0.05, 0) is 42.5 Å². The van der Waals surface area contributed by atoms with Gasteiger partial charge in [0.25, 0.3) is 5.91 Å². The molecule has 1 atom stereocenters. The third-order valence-corrected chi connectivity index (χ3v) is 4.89. The Kier molecular flexibility index (Phi) is 4.57. The predicted molar refractivity (Wildman–Crippen MR) is 103 cm³/mol. The summed E-state index contributed by atoms with van der Waals surface area (Å²) in [5.74, 6) is 0.696. The highest BCUT2D eigenvalue weighted by molar-refractivity contribution is 5.93. The average Bonchev–Trinajstić information content (AvgIpc) is 3.45. The molecule has 0 aliphatic heterocycles. The van der Waals surface area contributed by atoms with Gasteiger partial charge in [0.15, 0.2) is 0 Å². The summed E-state index contributed by atoms with van der Waals surface area (Å²) in [6.07, 6.45) is 2.33. The van der Waals surface area contributed by atoms with Crippen molar-refractivity contribution in [3.63, 3.8) is 0 Å². The number of rotatable bonds is 6. The summed E-state index contributed by atoms with van der Waals surface area (Å²) in [7, 11) is 0. The predicted octanol–water partition coefficient (Wildman–Crippen LogP) is 4.28. The molecule has 26 heavy (non-hydrogen) atoms. The second kappa shape index (κ2) is 7.16. The van der Waals surface area contributed by atoms with E-state index in [0.717, 1.165) is 24.2 Å². The van der Waals surface area contributed by atoms with E-state index in [9.17, 15) is 4.79 Å². The van der Waals surface area contributed by atoms with Crippen LogP contribution >= 0.6 is 0 Å².